The van der Waals surface area contributed by atoms with Crippen molar-refractivity contribution in [2.45, 2.75) is 31.2 Å². The molecule has 1 heterocycles. The van der Waals surface area contributed by atoms with Gasteiger partial charge in [-0.2, -0.15) is 0 Å². The number of benzene rings is 1. The lowest BCUT2D eigenvalue weighted by molar-refractivity contribution is -0.127. The topological polar surface area (TPSA) is 38.1 Å². The molecule has 0 fully saturated rings. The zero-order chi connectivity index (χ0) is 15.6. The number of nitrogens with zero attached hydrogens (tertiary/aromatic N) is 3. The normalized spacial score (nSPS) is 12.2. The molecular formula is C16H21N3OS. The van der Waals surface area contributed by atoms with E-state index < -0.39 is 0 Å². The molecule has 1 unspecified atom stereocenters. The van der Waals surface area contributed by atoms with E-state index in [4.69, 9.17) is 0 Å². The average molecular weight is 303 g/mol. The number of carbonyl (C=O) groups excluding carboxylic acids is 1. The highest BCUT2D eigenvalue weighted by atomic mass is 32.2. The van der Waals surface area contributed by atoms with Gasteiger partial charge < -0.3 is 4.90 Å². The summed E-state index contributed by atoms with van der Waals surface area (Å²) in [7, 11) is 3.55. The first kappa shape index (κ1) is 15.6. The number of aryl methyl sites for hydroxylation is 2. The molecule has 2 aromatic rings. The summed E-state index contributed by atoms with van der Waals surface area (Å²) >= 11 is 1.48. The Balaban J connectivity index is 2.26. The van der Waals surface area contributed by atoms with E-state index in [1.165, 1.54) is 22.9 Å². The van der Waals surface area contributed by atoms with Crippen LogP contribution in [0.4, 0.5) is 0 Å². The quantitative estimate of drug-likeness (QED) is 0.815. The van der Waals surface area contributed by atoms with Crippen LogP contribution in [0.15, 0.2) is 35.7 Å². The first-order chi connectivity index (χ1) is 9.90. The van der Waals surface area contributed by atoms with Crippen molar-refractivity contribution in [3.63, 3.8) is 0 Å². The molecule has 0 saturated carbocycles. The Kier molecular flexibility index (Phi) is 4.73. The van der Waals surface area contributed by atoms with Gasteiger partial charge in [0, 0.05) is 32.2 Å². The first-order valence-corrected chi connectivity index (χ1v) is 7.77. The van der Waals surface area contributed by atoms with Gasteiger partial charge in [-0.15, -0.1) is 0 Å². The predicted molar refractivity (Wildman–Crippen MR) is 87.1 cm³/mol. The minimum Gasteiger partial charge on any atom is -0.348 e. The third-order valence-electron chi connectivity index (χ3n) is 3.45. The highest BCUT2D eigenvalue weighted by Gasteiger charge is 2.19. The van der Waals surface area contributed by atoms with Crippen molar-refractivity contribution in [2.24, 2.45) is 0 Å². The fraction of sp³-hybridized carbons (Fsp3) is 0.375. The van der Waals surface area contributed by atoms with E-state index in [0.29, 0.717) is 0 Å². The van der Waals surface area contributed by atoms with Gasteiger partial charge in [-0.1, -0.05) is 17.8 Å². The molecule has 112 valence electrons. The van der Waals surface area contributed by atoms with Crippen LogP contribution in [0.25, 0.3) is 5.69 Å². The Labute approximate surface area is 130 Å². The van der Waals surface area contributed by atoms with Crippen molar-refractivity contribution in [3.05, 3.63) is 41.7 Å². The smallest absolute Gasteiger partial charge is 0.235 e. The van der Waals surface area contributed by atoms with Crippen molar-refractivity contribution < 1.29 is 4.79 Å². The standard InChI is InChI=1S/C16H21N3OS/c1-11-6-7-14(10-12(11)2)19-9-8-17-16(19)21-13(3)15(20)18(4)5/h6-10,13H,1-5H3. The van der Waals surface area contributed by atoms with Gasteiger partial charge >= 0.3 is 0 Å². The van der Waals surface area contributed by atoms with E-state index in [9.17, 15) is 4.79 Å². The monoisotopic (exact) mass is 303 g/mol. The third-order valence-corrected chi connectivity index (χ3v) is 4.51. The SMILES string of the molecule is Cc1ccc(-n2ccnc2SC(C)C(=O)N(C)C)cc1C. The highest BCUT2D eigenvalue weighted by molar-refractivity contribution is 8.00. The molecule has 2 rings (SSSR count). The Morgan fingerprint density at radius 1 is 1.29 bits per heavy atom. The van der Waals surface area contributed by atoms with Crippen LogP contribution in [0.3, 0.4) is 0 Å². The van der Waals surface area contributed by atoms with Crippen LogP contribution < -0.4 is 0 Å². The maximum atomic E-state index is 12.0. The van der Waals surface area contributed by atoms with Crippen molar-refractivity contribution >= 4 is 17.7 Å². The van der Waals surface area contributed by atoms with E-state index in [1.54, 1.807) is 25.2 Å². The fourth-order valence-electron chi connectivity index (χ4n) is 2.02. The minimum atomic E-state index is -0.160. The van der Waals surface area contributed by atoms with Gasteiger partial charge in [0.1, 0.15) is 0 Å². The fourth-order valence-corrected chi connectivity index (χ4v) is 3.05. The lowest BCUT2D eigenvalue weighted by Crippen LogP contribution is -2.29. The van der Waals surface area contributed by atoms with Gasteiger partial charge in [0.05, 0.1) is 5.25 Å². The summed E-state index contributed by atoms with van der Waals surface area (Å²) in [4.78, 5) is 18.0. The molecule has 5 heteroatoms. The maximum absolute atomic E-state index is 12.0. The number of thioether (sulfide) groups is 1. The third kappa shape index (κ3) is 3.47. The summed E-state index contributed by atoms with van der Waals surface area (Å²) in [6, 6.07) is 6.32. The summed E-state index contributed by atoms with van der Waals surface area (Å²) in [6.07, 6.45) is 3.70. The van der Waals surface area contributed by atoms with Gasteiger partial charge in [-0.3, -0.25) is 9.36 Å². The Morgan fingerprint density at radius 3 is 2.62 bits per heavy atom. The molecule has 0 spiro atoms. The lowest BCUT2D eigenvalue weighted by atomic mass is 10.1. The van der Waals surface area contributed by atoms with Gasteiger partial charge in [0.15, 0.2) is 5.16 Å². The average Bonchev–Trinajstić information content (AvgIpc) is 2.89. The highest BCUT2D eigenvalue weighted by Crippen LogP contribution is 2.26. The van der Waals surface area contributed by atoms with E-state index in [1.807, 2.05) is 17.7 Å². The second kappa shape index (κ2) is 6.35. The Morgan fingerprint density at radius 2 is 2.00 bits per heavy atom. The molecule has 0 radical (unpaired) electrons. The van der Waals surface area contributed by atoms with Crippen LogP contribution in [0, 0.1) is 13.8 Å². The number of amides is 1. The number of carbonyl (C=O) groups is 1. The zero-order valence-corrected chi connectivity index (χ0v) is 13.9. The summed E-state index contributed by atoms with van der Waals surface area (Å²) in [5.74, 6) is 0.0923. The minimum absolute atomic E-state index is 0.0923. The van der Waals surface area contributed by atoms with Gasteiger partial charge in [-0.05, 0) is 44.0 Å². The Bertz CT molecular complexity index is 649. The maximum Gasteiger partial charge on any atom is 0.235 e. The van der Waals surface area contributed by atoms with Crippen molar-refractivity contribution in [1.82, 2.24) is 14.5 Å². The van der Waals surface area contributed by atoms with E-state index in [2.05, 4.69) is 37.0 Å². The number of hydrogen-bond acceptors (Lipinski definition) is 3. The molecule has 0 N–H and O–H groups in total. The molecule has 0 aliphatic heterocycles. The molecular weight excluding hydrogens is 282 g/mol. The number of imidazole rings is 1. The van der Waals surface area contributed by atoms with Crippen LogP contribution in [-0.2, 0) is 4.79 Å². The van der Waals surface area contributed by atoms with Crippen LogP contribution in [0.5, 0.6) is 0 Å². The molecule has 0 bridgehead atoms. The molecule has 1 amide bonds. The summed E-state index contributed by atoms with van der Waals surface area (Å²) in [6.45, 7) is 6.10. The molecule has 21 heavy (non-hydrogen) atoms. The summed E-state index contributed by atoms with van der Waals surface area (Å²) < 4.78 is 2.02. The van der Waals surface area contributed by atoms with Crippen molar-refractivity contribution in [1.29, 1.82) is 0 Å². The summed E-state index contributed by atoms with van der Waals surface area (Å²) in [5, 5.41) is 0.675. The van der Waals surface area contributed by atoms with Crippen LogP contribution in [-0.4, -0.2) is 39.7 Å². The number of aromatic nitrogens is 2. The largest absolute Gasteiger partial charge is 0.348 e. The van der Waals surface area contributed by atoms with Crippen LogP contribution in [0.2, 0.25) is 0 Å². The first-order valence-electron chi connectivity index (χ1n) is 6.89. The molecule has 4 nitrogen and oxygen atoms in total. The predicted octanol–water partition coefficient (Wildman–Crippen LogP) is 3.06. The molecule has 1 atom stereocenters. The number of hydrogen-bond donors (Lipinski definition) is 0. The zero-order valence-electron chi connectivity index (χ0n) is 13.1. The van der Waals surface area contributed by atoms with Crippen LogP contribution >= 0.6 is 11.8 Å². The van der Waals surface area contributed by atoms with E-state index in [0.717, 1.165) is 10.8 Å². The molecule has 1 aromatic heterocycles. The molecule has 1 aromatic carbocycles. The van der Waals surface area contributed by atoms with E-state index in [-0.39, 0.29) is 11.2 Å². The Hall–Kier alpha value is -1.75. The molecule has 0 aliphatic rings. The second-order valence-electron chi connectivity index (χ2n) is 5.34. The van der Waals surface area contributed by atoms with Gasteiger partial charge in [0.25, 0.3) is 0 Å². The summed E-state index contributed by atoms with van der Waals surface area (Å²) in [5.41, 5.74) is 3.58. The molecule has 0 saturated heterocycles. The van der Waals surface area contributed by atoms with Gasteiger partial charge in [0.2, 0.25) is 5.91 Å². The van der Waals surface area contributed by atoms with Crippen LogP contribution in [0.1, 0.15) is 18.1 Å². The van der Waals surface area contributed by atoms with Crippen molar-refractivity contribution in [3.8, 4) is 5.69 Å². The van der Waals surface area contributed by atoms with Crippen molar-refractivity contribution in [2.75, 3.05) is 14.1 Å². The molecule has 0 aliphatic carbocycles. The van der Waals surface area contributed by atoms with Gasteiger partial charge in [-0.25, -0.2) is 4.98 Å². The van der Waals surface area contributed by atoms with E-state index >= 15 is 0 Å². The number of rotatable bonds is 4. The lowest BCUT2D eigenvalue weighted by Gasteiger charge is -2.17. The second-order valence-corrected chi connectivity index (χ2v) is 6.65.